The van der Waals surface area contributed by atoms with Crippen molar-refractivity contribution in [3.8, 4) is 0 Å². The molecule has 28 heavy (non-hydrogen) atoms. The van der Waals surface area contributed by atoms with Gasteiger partial charge in [0.15, 0.2) is 9.84 Å². The van der Waals surface area contributed by atoms with Gasteiger partial charge in [-0.25, -0.2) is 12.8 Å². The van der Waals surface area contributed by atoms with Gasteiger partial charge in [0, 0.05) is 18.0 Å². The van der Waals surface area contributed by atoms with Gasteiger partial charge in [-0.3, -0.25) is 4.79 Å². The molecule has 0 heterocycles. The summed E-state index contributed by atoms with van der Waals surface area (Å²) in [6.07, 6.45) is 1.60. The van der Waals surface area contributed by atoms with Crippen molar-refractivity contribution in [3.05, 3.63) is 64.4 Å². The Hall–Kier alpha value is -1.92. The zero-order chi connectivity index (χ0) is 20.5. The third-order valence-corrected chi connectivity index (χ3v) is 8.33. The summed E-state index contributed by atoms with van der Waals surface area (Å²) in [7, 11) is -3.82. The van der Waals surface area contributed by atoms with E-state index in [1.165, 1.54) is 31.2 Å². The predicted octanol–water partition coefficient (Wildman–Crippen LogP) is 4.54. The predicted molar refractivity (Wildman–Crippen MR) is 108 cm³/mol. The molecule has 150 valence electrons. The molecule has 1 aliphatic carbocycles. The van der Waals surface area contributed by atoms with Crippen LogP contribution < -0.4 is 5.32 Å². The smallest absolute Gasteiger partial charge is 0.217 e. The van der Waals surface area contributed by atoms with Gasteiger partial charge in [-0.05, 0) is 80.1 Å². The zero-order valence-corrected chi connectivity index (χ0v) is 17.4. The molecule has 1 aliphatic rings. The van der Waals surface area contributed by atoms with Crippen molar-refractivity contribution in [3.63, 3.8) is 0 Å². The minimum atomic E-state index is -3.82. The third kappa shape index (κ3) is 3.80. The standard InChI is InChI=1S/C21H23ClFNO3S/c1-14-3-6-17(23)13-20(14)21(11-9-18(10-12-21)24-15(2)25)28(26,27)19-7-4-16(22)5-8-19/h3-8,13,18H,9-12H2,1-2H3,(H,24,25). The fourth-order valence-corrected chi connectivity index (χ4v) is 6.48. The second-order valence-corrected chi connectivity index (χ2v) is 10.1. The summed E-state index contributed by atoms with van der Waals surface area (Å²) < 4.78 is 40.4. The molecule has 0 saturated heterocycles. The van der Waals surface area contributed by atoms with Crippen LogP contribution in [0.5, 0.6) is 0 Å². The quantitative estimate of drug-likeness (QED) is 0.785. The number of amides is 1. The molecule has 0 aliphatic heterocycles. The molecule has 2 aromatic carbocycles. The number of hydrogen-bond donors (Lipinski definition) is 1. The molecule has 3 rings (SSSR count). The molecule has 0 aromatic heterocycles. The number of hydrogen-bond acceptors (Lipinski definition) is 3. The third-order valence-electron chi connectivity index (χ3n) is 5.53. The number of aryl methyl sites for hydroxylation is 1. The van der Waals surface area contributed by atoms with Crippen LogP contribution in [0.2, 0.25) is 5.02 Å². The van der Waals surface area contributed by atoms with Crippen molar-refractivity contribution in [2.75, 3.05) is 0 Å². The van der Waals surface area contributed by atoms with Crippen LogP contribution in [0.1, 0.15) is 43.7 Å². The van der Waals surface area contributed by atoms with Gasteiger partial charge in [-0.2, -0.15) is 0 Å². The van der Waals surface area contributed by atoms with E-state index in [-0.39, 0.29) is 16.8 Å². The molecule has 0 spiro atoms. The molecular weight excluding hydrogens is 401 g/mol. The Morgan fingerprint density at radius 1 is 1.14 bits per heavy atom. The van der Waals surface area contributed by atoms with Crippen molar-refractivity contribution in [1.29, 1.82) is 0 Å². The van der Waals surface area contributed by atoms with Crippen LogP contribution in [0.15, 0.2) is 47.4 Å². The minimum absolute atomic E-state index is 0.0834. The van der Waals surface area contributed by atoms with Crippen molar-refractivity contribution in [1.82, 2.24) is 5.32 Å². The van der Waals surface area contributed by atoms with Gasteiger partial charge in [-0.15, -0.1) is 0 Å². The molecule has 0 radical (unpaired) electrons. The van der Waals surface area contributed by atoms with Gasteiger partial charge < -0.3 is 5.32 Å². The minimum Gasteiger partial charge on any atom is -0.354 e. The molecule has 1 fully saturated rings. The van der Waals surface area contributed by atoms with Gasteiger partial charge in [0.25, 0.3) is 0 Å². The highest BCUT2D eigenvalue weighted by atomic mass is 35.5. The fraction of sp³-hybridized carbons (Fsp3) is 0.381. The molecule has 4 nitrogen and oxygen atoms in total. The summed E-state index contributed by atoms with van der Waals surface area (Å²) >= 11 is 5.93. The molecule has 7 heteroatoms. The van der Waals surface area contributed by atoms with Crippen LogP contribution in [0, 0.1) is 12.7 Å². The molecule has 1 N–H and O–H groups in total. The number of carbonyl (C=O) groups is 1. The normalized spacial score (nSPS) is 22.6. The first kappa shape index (κ1) is 20.8. The molecule has 0 unspecified atom stereocenters. The Balaban J connectivity index is 2.12. The van der Waals surface area contributed by atoms with Crippen LogP contribution in [-0.2, 0) is 19.4 Å². The van der Waals surface area contributed by atoms with E-state index in [1.54, 1.807) is 25.1 Å². The lowest BCUT2D eigenvalue weighted by molar-refractivity contribution is -0.119. The highest BCUT2D eigenvalue weighted by Crippen LogP contribution is 2.48. The summed E-state index contributed by atoms with van der Waals surface area (Å²) in [5.41, 5.74) is 1.22. The lowest BCUT2D eigenvalue weighted by Gasteiger charge is -2.41. The molecule has 0 atom stereocenters. The van der Waals surface area contributed by atoms with E-state index in [1.807, 2.05) is 0 Å². The summed E-state index contributed by atoms with van der Waals surface area (Å²) in [6.45, 7) is 3.25. The van der Waals surface area contributed by atoms with Gasteiger partial charge >= 0.3 is 0 Å². The molecule has 1 amide bonds. The summed E-state index contributed by atoms with van der Waals surface area (Å²) in [6, 6.07) is 10.3. The molecular formula is C21H23ClFNO3S. The van der Waals surface area contributed by atoms with E-state index in [9.17, 15) is 17.6 Å². The van der Waals surface area contributed by atoms with Gasteiger partial charge in [0.05, 0.1) is 4.90 Å². The lowest BCUT2D eigenvalue weighted by atomic mass is 9.79. The number of benzene rings is 2. The topological polar surface area (TPSA) is 63.2 Å². The maximum absolute atomic E-state index is 14.1. The maximum Gasteiger partial charge on any atom is 0.217 e. The Morgan fingerprint density at radius 2 is 1.75 bits per heavy atom. The maximum atomic E-state index is 14.1. The first-order valence-electron chi connectivity index (χ1n) is 9.20. The summed E-state index contributed by atoms with van der Waals surface area (Å²) in [5.74, 6) is -0.602. The van der Waals surface area contributed by atoms with Crippen molar-refractivity contribution >= 4 is 27.3 Å². The first-order chi connectivity index (χ1) is 13.2. The number of nitrogens with one attached hydrogen (secondary N) is 1. The Bertz CT molecular complexity index is 981. The van der Waals surface area contributed by atoms with Crippen molar-refractivity contribution < 1.29 is 17.6 Å². The second kappa shape index (κ2) is 7.84. The first-order valence-corrected chi connectivity index (χ1v) is 11.1. The average molecular weight is 424 g/mol. The van der Waals surface area contributed by atoms with Crippen LogP contribution in [0.3, 0.4) is 0 Å². The Morgan fingerprint density at radius 3 is 2.32 bits per heavy atom. The fourth-order valence-electron chi connectivity index (χ4n) is 4.12. The van der Waals surface area contributed by atoms with Crippen LogP contribution in [0.25, 0.3) is 0 Å². The largest absolute Gasteiger partial charge is 0.354 e. The number of rotatable bonds is 4. The summed E-state index contributed by atoms with van der Waals surface area (Å²) in [4.78, 5) is 11.6. The van der Waals surface area contributed by atoms with E-state index in [4.69, 9.17) is 11.6 Å². The number of carbonyl (C=O) groups excluding carboxylic acids is 1. The summed E-state index contributed by atoms with van der Waals surface area (Å²) in [5, 5.41) is 3.32. The van der Waals surface area contributed by atoms with E-state index in [0.29, 0.717) is 36.3 Å². The monoisotopic (exact) mass is 423 g/mol. The van der Waals surface area contributed by atoms with Crippen molar-refractivity contribution in [2.45, 2.75) is 55.2 Å². The number of sulfone groups is 1. The lowest BCUT2D eigenvalue weighted by Crippen LogP contribution is -2.45. The highest BCUT2D eigenvalue weighted by Gasteiger charge is 2.49. The number of halogens is 2. The van der Waals surface area contributed by atoms with Crippen LogP contribution in [-0.4, -0.2) is 20.4 Å². The van der Waals surface area contributed by atoms with Crippen LogP contribution in [0.4, 0.5) is 4.39 Å². The second-order valence-electron chi connectivity index (χ2n) is 7.39. The van der Waals surface area contributed by atoms with E-state index >= 15 is 0 Å². The van der Waals surface area contributed by atoms with Gasteiger partial charge in [0.2, 0.25) is 5.91 Å². The Kier molecular flexibility index (Phi) is 5.82. The van der Waals surface area contributed by atoms with Crippen molar-refractivity contribution in [2.24, 2.45) is 0 Å². The SMILES string of the molecule is CC(=O)NC1CCC(c2cc(F)ccc2C)(S(=O)(=O)c2ccc(Cl)cc2)CC1. The van der Waals surface area contributed by atoms with E-state index in [2.05, 4.69) is 5.32 Å². The highest BCUT2D eigenvalue weighted by molar-refractivity contribution is 7.92. The van der Waals surface area contributed by atoms with Gasteiger partial charge in [-0.1, -0.05) is 17.7 Å². The molecule has 0 bridgehead atoms. The Labute approximate surface area is 170 Å². The molecule has 2 aromatic rings. The van der Waals surface area contributed by atoms with E-state index < -0.39 is 20.4 Å². The zero-order valence-electron chi connectivity index (χ0n) is 15.8. The molecule has 1 saturated carbocycles. The average Bonchev–Trinajstić information content (AvgIpc) is 2.64. The van der Waals surface area contributed by atoms with Crippen LogP contribution >= 0.6 is 11.6 Å². The van der Waals surface area contributed by atoms with Gasteiger partial charge in [0.1, 0.15) is 10.6 Å². The van der Waals surface area contributed by atoms with E-state index in [0.717, 1.165) is 5.56 Å².